The van der Waals surface area contributed by atoms with Crippen LogP contribution in [0.2, 0.25) is 0 Å². The molecule has 80 heavy (non-hydrogen) atoms. The maximum absolute atomic E-state index is 12.9. The highest BCUT2D eigenvalue weighted by Gasteiger charge is 2.19. The third-order valence-electron chi connectivity index (χ3n) is 14.2. The Bertz CT molecular complexity index is 1650. The molecular weight excluding hydrogens is 985 g/mol. The zero-order chi connectivity index (χ0) is 57.8. The van der Waals surface area contributed by atoms with Crippen molar-refractivity contribution in [3.05, 3.63) is 122 Å². The molecule has 0 aliphatic heterocycles. The second kappa shape index (κ2) is 67.3. The van der Waals surface area contributed by atoms with Gasteiger partial charge in [-0.25, -0.2) is 0 Å². The average molecular weight is 1110 g/mol. The Hall–Kier alpha value is -4.19. The fourth-order valence-electron chi connectivity index (χ4n) is 9.15. The summed E-state index contributed by atoms with van der Waals surface area (Å²) in [7, 11) is 0. The van der Waals surface area contributed by atoms with Gasteiger partial charge in [-0.05, 0) is 135 Å². The summed E-state index contributed by atoms with van der Waals surface area (Å²) in [5, 5.41) is 0. The second-order valence-corrected chi connectivity index (χ2v) is 22.0. The van der Waals surface area contributed by atoms with E-state index in [0.717, 1.165) is 135 Å². The molecule has 0 saturated carbocycles. The van der Waals surface area contributed by atoms with Crippen LogP contribution in [0.5, 0.6) is 0 Å². The van der Waals surface area contributed by atoms with Gasteiger partial charge in [0, 0.05) is 19.3 Å². The molecule has 0 fully saturated rings. The van der Waals surface area contributed by atoms with E-state index in [2.05, 4.69) is 142 Å². The van der Waals surface area contributed by atoms with Gasteiger partial charge in [0.1, 0.15) is 13.2 Å². The average Bonchev–Trinajstić information content (AvgIpc) is 3.46. The first-order valence-electron chi connectivity index (χ1n) is 33.5. The number of unbranched alkanes of at least 4 members (excludes halogenated alkanes) is 29. The van der Waals surface area contributed by atoms with Crippen molar-refractivity contribution in [1.29, 1.82) is 0 Å². The summed E-state index contributed by atoms with van der Waals surface area (Å²) in [5.74, 6) is -0.915. The van der Waals surface area contributed by atoms with Gasteiger partial charge in [-0.2, -0.15) is 0 Å². The van der Waals surface area contributed by atoms with Crippen LogP contribution in [0.25, 0.3) is 0 Å². The van der Waals surface area contributed by atoms with Crippen molar-refractivity contribution in [2.24, 2.45) is 0 Å². The summed E-state index contributed by atoms with van der Waals surface area (Å²) in [4.78, 5) is 38.4. The molecule has 1 atom stereocenters. The Kier molecular flexibility index (Phi) is 63.8. The zero-order valence-electron chi connectivity index (χ0n) is 52.3. The summed E-state index contributed by atoms with van der Waals surface area (Å²) < 4.78 is 16.9. The molecule has 0 heterocycles. The topological polar surface area (TPSA) is 78.9 Å². The van der Waals surface area contributed by atoms with Crippen molar-refractivity contribution in [3.8, 4) is 0 Å². The van der Waals surface area contributed by atoms with E-state index in [-0.39, 0.29) is 31.1 Å². The molecule has 0 aliphatic rings. The number of hydrogen-bond acceptors (Lipinski definition) is 6. The Morgan fingerprint density at radius 3 is 0.775 bits per heavy atom. The summed E-state index contributed by atoms with van der Waals surface area (Å²) in [6.45, 7) is 6.50. The Morgan fingerprint density at radius 1 is 0.263 bits per heavy atom. The van der Waals surface area contributed by atoms with Crippen molar-refractivity contribution in [1.82, 2.24) is 0 Å². The number of carbonyl (C=O) groups is 3. The molecule has 0 N–H and O–H groups in total. The fourth-order valence-corrected chi connectivity index (χ4v) is 9.15. The molecule has 0 aromatic heterocycles. The minimum Gasteiger partial charge on any atom is -0.462 e. The van der Waals surface area contributed by atoms with Crippen LogP contribution >= 0.6 is 0 Å². The molecule has 1 unspecified atom stereocenters. The van der Waals surface area contributed by atoms with Crippen molar-refractivity contribution in [2.45, 2.75) is 316 Å². The predicted molar refractivity (Wildman–Crippen MR) is 348 cm³/mol. The minimum absolute atomic E-state index is 0.0918. The fraction of sp³-hybridized carbons (Fsp3) is 0.689. The first kappa shape index (κ1) is 75.8. The molecule has 6 nitrogen and oxygen atoms in total. The lowest BCUT2D eigenvalue weighted by Crippen LogP contribution is -2.30. The smallest absolute Gasteiger partial charge is 0.306 e. The molecule has 0 rings (SSSR count). The van der Waals surface area contributed by atoms with Gasteiger partial charge in [0.05, 0.1) is 0 Å². The third kappa shape index (κ3) is 64.6. The maximum Gasteiger partial charge on any atom is 0.306 e. The zero-order valence-corrected chi connectivity index (χ0v) is 52.3. The van der Waals surface area contributed by atoms with Crippen LogP contribution in [-0.4, -0.2) is 37.2 Å². The Labute approximate surface area is 494 Å². The minimum atomic E-state index is -0.797. The van der Waals surface area contributed by atoms with Crippen LogP contribution in [0.4, 0.5) is 0 Å². The quantitative estimate of drug-likeness (QED) is 0.0261. The van der Waals surface area contributed by atoms with Crippen molar-refractivity contribution < 1.29 is 28.6 Å². The van der Waals surface area contributed by atoms with E-state index in [9.17, 15) is 14.4 Å². The van der Waals surface area contributed by atoms with E-state index < -0.39 is 6.10 Å². The first-order chi connectivity index (χ1) is 39.5. The van der Waals surface area contributed by atoms with Gasteiger partial charge in [-0.1, -0.05) is 277 Å². The van der Waals surface area contributed by atoms with Crippen LogP contribution in [0.15, 0.2) is 122 Å². The molecule has 456 valence electrons. The van der Waals surface area contributed by atoms with Crippen LogP contribution in [0, 0.1) is 0 Å². The first-order valence-corrected chi connectivity index (χ1v) is 33.5. The van der Waals surface area contributed by atoms with E-state index in [1.165, 1.54) is 135 Å². The molecule has 0 aliphatic carbocycles. The van der Waals surface area contributed by atoms with Crippen LogP contribution in [0.3, 0.4) is 0 Å². The van der Waals surface area contributed by atoms with Gasteiger partial charge < -0.3 is 14.2 Å². The SMILES string of the molecule is CC/C=C\C/C=C\C/C=C\C/C=C\C/C=C\C/C=C\CCCCCCCCC(=O)OCC(COC(=O)CCCCCCC/C=C\CCCCCCC)OC(=O)CCCCCCCCCC/C=C\C/C=C\C/C=C\CCCCCCC. The van der Waals surface area contributed by atoms with Crippen LogP contribution < -0.4 is 0 Å². The summed E-state index contributed by atoms with van der Waals surface area (Å²) in [6.07, 6.45) is 93.4. The van der Waals surface area contributed by atoms with Crippen molar-refractivity contribution >= 4 is 17.9 Å². The largest absolute Gasteiger partial charge is 0.462 e. The molecule has 0 spiro atoms. The van der Waals surface area contributed by atoms with Gasteiger partial charge in [-0.15, -0.1) is 0 Å². The normalized spacial score (nSPS) is 12.9. The monoisotopic (exact) mass is 1110 g/mol. The molecular formula is C74H124O6. The predicted octanol–water partition coefficient (Wildman–Crippen LogP) is 23.2. The van der Waals surface area contributed by atoms with Gasteiger partial charge in [-0.3, -0.25) is 14.4 Å². The molecule has 0 amide bonds. The van der Waals surface area contributed by atoms with E-state index in [1.54, 1.807) is 0 Å². The summed E-state index contributed by atoms with van der Waals surface area (Å²) >= 11 is 0. The third-order valence-corrected chi connectivity index (χ3v) is 14.2. The van der Waals surface area contributed by atoms with Gasteiger partial charge in [0.2, 0.25) is 0 Å². The Balaban J connectivity index is 4.41. The standard InChI is InChI=1S/C74H124O6/c1-4-7-10-13-16-19-22-25-28-30-32-34-36-37-39-40-42-44-46-49-52-55-58-61-64-67-73(76)79-70-71(69-78-72(75)66-63-60-57-54-51-48-27-24-21-18-15-12-9-6-3)80-74(77)68-65-62-59-56-53-50-47-45-43-41-38-35-33-31-29-26-23-20-17-14-11-8-5-2/h7,10,16,19,23-28,31-34,37-39,41-42,44,71H,4-6,8-9,11-15,17-18,20-22,29-30,35-36,40,43,45-70H2,1-3H3/b10-7-,19-16-,26-23-,27-24-,28-25-,33-31-,34-32-,39-37-,41-38-,44-42-. The number of hydrogen-bond donors (Lipinski definition) is 0. The Morgan fingerprint density at radius 2 is 0.487 bits per heavy atom. The summed E-state index contributed by atoms with van der Waals surface area (Å²) in [6, 6.07) is 0. The van der Waals surface area contributed by atoms with E-state index >= 15 is 0 Å². The number of rotatable bonds is 60. The van der Waals surface area contributed by atoms with E-state index in [1.807, 2.05) is 0 Å². The molecule has 6 heteroatoms. The van der Waals surface area contributed by atoms with E-state index in [0.29, 0.717) is 19.3 Å². The van der Waals surface area contributed by atoms with Crippen molar-refractivity contribution in [2.75, 3.05) is 13.2 Å². The van der Waals surface area contributed by atoms with Gasteiger partial charge >= 0.3 is 17.9 Å². The van der Waals surface area contributed by atoms with Crippen LogP contribution in [-0.2, 0) is 28.6 Å². The lowest BCUT2D eigenvalue weighted by atomic mass is 10.1. The highest BCUT2D eigenvalue weighted by Crippen LogP contribution is 2.15. The van der Waals surface area contributed by atoms with Gasteiger partial charge in [0.25, 0.3) is 0 Å². The maximum atomic E-state index is 12.9. The van der Waals surface area contributed by atoms with Crippen LogP contribution in [0.1, 0.15) is 310 Å². The lowest BCUT2D eigenvalue weighted by molar-refractivity contribution is -0.167. The number of ether oxygens (including phenoxy) is 3. The van der Waals surface area contributed by atoms with Gasteiger partial charge in [0.15, 0.2) is 6.10 Å². The highest BCUT2D eigenvalue weighted by atomic mass is 16.6. The molecule has 0 saturated heterocycles. The number of allylic oxidation sites excluding steroid dienone is 20. The van der Waals surface area contributed by atoms with E-state index in [4.69, 9.17) is 14.2 Å². The second-order valence-electron chi connectivity index (χ2n) is 22.0. The molecule has 0 aromatic rings. The van der Waals surface area contributed by atoms with Crippen molar-refractivity contribution in [3.63, 3.8) is 0 Å². The number of carbonyl (C=O) groups excluding carboxylic acids is 3. The molecule has 0 aromatic carbocycles. The summed E-state index contributed by atoms with van der Waals surface area (Å²) in [5.41, 5.74) is 0. The number of esters is 3. The molecule has 0 bridgehead atoms. The lowest BCUT2D eigenvalue weighted by Gasteiger charge is -2.18. The molecule has 0 radical (unpaired) electrons. The highest BCUT2D eigenvalue weighted by molar-refractivity contribution is 5.71.